The number of halogens is 1. The van der Waals surface area contributed by atoms with Crippen LogP contribution in [0.1, 0.15) is 0 Å². The van der Waals surface area contributed by atoms with Crippen LogP contribution >= 0.6 is 15.9 Å². The van der Waals surface area contributed by atoms with Gasteiger partial charge in [-0.05, 0) is 15.9 Å². The van der Waals surface area contributed by atoms with Gasteiger partial charge in [0, 0.05) is 6.54 Å². The van der Waals surface area contributed by atoms with Crippen molar-refractivity contribution in [1.82, 2.24) is 9.97 Å². The zero-order chi connectivity index (χ0) is 11.1. The van der Waals surface area contributed by atoms with Crippen LogP contribution in [0.25, 0.3) is 0 Å². The molecule has 0 atom stereocenters. The molecule has 0 unspecified atom stereocenters. The number of aromatic nitrogens is 2. The molecule has 0 aromatic carbocycles. The highest BCUT2D eigenvalue weighted by atomic mass is 79.9. The lowest BCUT2D eigenvalue weighted by atomic mass is 10.5. The number of anilines is 1. The third-order valence-electron chi connectivity index (χ3n) is 1.57. The summed E-state index contributed by atoms with van der Waals surface area (Å²) in [6, 6.07) is 0. The summed E-state index contributed by atoms with van der Waals surface area (Å²) in [5, 5.41) is 11.4. The molecule has 0 saturated carbocycles. The minimum atomic E-state index is -0.233. The minimum absolute atomic E-state index is 0.00689. The van der Waals surface area contributed by atoms with Crippen LogP contribution < -0.4 is 10.9 Å². The van der Waals surface area contributed by atoms with E-state index in [1.54, 1.807) is 0 Å². The Morgan fingerprint density at radius 2 is 2.40 bits per heavy atom. The van der Waals surface area contributed by atoms with E-state index in [2.05, 4.69) is 31.2 Å². The molecule has 0 spiro atoms. The highest BCUT2D eigenvalue weighted by Crippen LogP contribution is 2.12. The van der Waals surface area contributed by atoms with Crippen molar-refractivity contribution < 1.29 is 9.84 Å². The molecular formula is C8H12BrN3O3. The summed E-state index contributed by atoms with van der Waals surface area (Å²) in [4.78, 5) is 17.5. The maximum absolute atomic E-state index is 11.1. The summed E-state index contributed by atoms with van der Waals surface area (Å²) < 4.78 is 5.40. The second-order valence-corrected chi connectivity index (χ2v) is 3.45. The lowest BCUT2D eigenvalue weighted by molar-refractivity contribution is 0.0992. The van der Waals surface area contributed by atoms with Crippen LogP contribution in [-0.2, 0) is 4.74 Å². The van der Waals surface area contributed by atoms with E-state index in [0.29, 0.717) is 30.0 Å². The number of nitrogens with zero attached hydrogens (tertiary/aromatic N) is 1. The number of aliphatic hydroxyl groups is 1. The van der Waals surface area contributed by atoms with Crippen LogP contribution in [0.3, 0.4) is 0 Å². The number of rotatable bonds is 6. The molecule has 6 nitrogen and oxygen atoms in total. The Labute approximate surface area is 94.8 Å². The van der Waals surface area contributed by atoms with Gasteiger partial charge >= 0.3 is 0 Å². The normalized spacial score (nSPS) is 10.3. The molecule has 0 radical (unpaired) electrons. The molecule has 0 fully saturated rings. The zero-order valence-electron chi connectivity index (χ0n) is 7.99. The van der Waals surface area contributed by atoms with Gasteiger partial charge in [-0.2, -0.15) is 0 Å². The number of hydrogen-bond donors (Lipinski definition) is 3. The Bertz CT molecular complexity index is 355. The number of aromatic amines is 1. The lowest BCUT2D eigenvalue weighted by Gasteiger charge is -2.06. The summed E-state index contributed by atoms with van der Waals surface area (Å²) in [7, 11) is 0. The van der Waals surface area contributed by atoms with E-state index in [4.69, 9.17) is 9.84 Å². The van der Waals surface area contributed by atoms with Gasteiger partial charge in [-0.15, -0.1) is 0 Å². The van der Waals surface area contributed by atoms with Crippen molar-refractivity contribution in [2.24, 2.45) is 0 Å². The van der Waals surface area contributed by atoms with E-state index in [1.807, 2.05) is 0 Å². The Morgan fingerprint density at radius 1 is 1.60 bits per heavy atom. The predicted molar refractivity (Wildman–Crippen MR) is 59.0 cm³/mol. The molecule has 0 saturated heterocycles. The molecule has 0 aliphatic rings. The summed E-state index contributed by atoms with van der Waals surface area (Å²) in [6.07, 6.45) is 1.32. The lowest BCUT2D eigenvalue weighted by Crippen LogP contribution is -2.16. The summed E-state index contributed by atoms with van der Waals surface area (Å²) in [5.41, 5.74) is -0.233. The third-order valence-corrected chi connectivity index (χ3v) is 2.31. The van der Waals surface area contributed by atoms with Crippen molar-refractivity contribution in [2.75, 3.05) is 31.7 Å². The van der Waals surface area contributed by atoms with Gasteiger partial charge < -0.3 is 20.1 Å². The molecule has 0 bridgehead atoms. The number of aliphatic hydroxyl groups excluding tert-OH is 1. The van der Waals surface area contributed by atoms with Gasteiger partial charge in [0.05, 0.1) is 26.1 Å². The van der Waals surface area contributed by atoms with Crippen LogP contribution in [0.2, 0.25) is 0 Å². The summed E-state index contributed by atoms with van der Waals surface area (Å²) >= 11 is 3.11. The average molecular weight is 278 g/mol. The van der Waals surface area contributed by atoms with Crippen LogP contribution in [0, 0.1) is 0 Å². The largest absolute Gasteiger partial charge is 0.394 e. The minimum Gasteiger partial charge on any atom is -0.394 e. The second-order valence-electron chi connectivity index (χ2n) is 2.66. The van der Waals surface area contributed by atoms with Crippen molar-refractivity contribution >= 4 is 21.7 Å². The van der Waals surface area contributed by atoms with E-state index in [-0.39, 0.29) is 12.2 Å². The Balaban J connectivity index is 2.38. The molecule has 7 heteroatoms. The summed E-state index contributed by atoms with van der Waals surface area (Å²) in [6.45, 7) is 1.29. The van der Waals surface area contributed by atoms with Crippen molar-refractivity contribution in [3.8, 4) is 0 Å². The fraction of sp³-hybridized carbons (Fsp3) is 0.500. The summed E-state index contributed by atoms with van der Waals surface area (Å²) in [5.74, 6) is 0.478. The Kier molecular flexibility index (Phi) is 5.30. The molecular weight excluding hydrogens is 266 g/mol. The highest BCUT2D eigenvalue weighted by Gasteiger charge is 2.03. The first-order chi connectivity index (χ1) is 7.25. The van der Waals surface area contributed by atoms with Gasteiger partial charge in [0.25, 0.3) is 5.56 Å². The van der Waals surface area contributed by atoms with E-state index < -0.39 is 0 Å². The van der Waals surface area contributed by atoms with E-state index in [9.17, 15) is 4.79 Å². The number of nitrogens with one attached hydrogen (secondary N) is 2. The van der Waals surface area contributed by atoms with Gasteiger partial charge in [0.15, 0.2) is 0 Å². The van der Waals surface area contributed by atoms with Gasteiger partial charge in [0.2, 0.25) is 0 Å². The van der Waals surface area contributed by atoms with Crippen LogP contribution in [-0.4, -0.2) is 41.4 Å². The highest BCUT2D eigenvalue weighted by molar-refractivity contribution is 9.10. The van der Waals surface area contributed by atoms with Crippen molar-refractivity contribution in [3.63, 3.8) is 0 Å². The molecule has 15 heavy (non-hydrogen) atoms. The molecule has 1 rings (SSSR count). The van der Waals surface area contributed by atoms with E-state index in [0.717, 1.165) is 0 Å². The fourth-order valence-electron chi connectivity index (χ4n) is 0.914. The standard InChI is InChI=1S/C8H12BrN3O3/c9-6-7(11-5-12-8(6)14)10-1-3-15-4-2-13/h5,13H,1-4H2,(H2,10,11,12,14). The first kappa shape index (κ1) is 12.2. The van der Waals surface area contributed by atoms with Crippen molar-refractivity contribution in [2.45, 2.75) is 0 Å². The molecule has 3 N–H and O–H groups in total. The quantitative estimate of drug-likeness (QED) is 0.635. The SMILES string of the molecule is O=c1[nH]cnc(NCCOCCO)c1Br. The van der Waals surface area contributed by atoms with Gasteiger partial charge in [0.1, 0.15) is 10.3 Å². The van der Waals surface area contributed by atoms with E-state index in [1.165, 1.54) is 6.33 Å². The monoisotopic (exact) mass is 277 g/mol. The molecule has 1 heterocycles. The molecule has 0 amide bonds. The first-order valence-electron chi connectivity index (χ1n) is 4.41. The van der Waals surface area contributed by atoms with Crippen molar-refractivity contribution in [1.29, 1.82) is 0 Å². The van der Waals surface area contributed by atoms with Gasteiger partial charge in [-0.3, -0.25) is 4.79 Å². The fourth-order valence-corrected chi connectivity index (χ4v) is 1.27. The smallest absolute Gasteiger partial charge is 0.267 e. The van der Waals surface area contributed by atoms with Gasteiger partial charge in [-0.1, -0.05) is 0 Å². The average Bonchev–Trinajstić information content (AvgIpc) is 2.24. The third kappa shape index (κ3) is 3.98. The molecule has 1 aromatic heterocycles. The van der Waals surface area contributed by atoms with Crippen LogP contribution in [0.4, 0.5) is 5.82 Å². The van der Waals surface area contributed by atoms with E-state index >= 15 is 0 Å². The number of H-pyrrole nitrogens is 1. The Hall–Kier alpha value is -0.920. The second kappa shape index (κ2) is 6.54. The first-order valence-corrected chi connectivity index (χ1v) is 5.20. The molecule has 84 valence electrons. The zero-order valence-corrected chi connectivity index (χ0v) is 9.58. The predicted octanol–water partition coefficient (Wildman–Crippen LogP) is -0.0468. The molecule has 0 aliphatic heterocycles. The van der Waals surface area contributed by atoms with Crippen molar-refractivity contribution in [3.05, 3.63) is 21.2 Å². The van der Waals surface area contributed by atoms with Crippen LogP contribution in [0.15, 0.2) is 15.6 Å². The Morgan fingerprint density at radius 3 is 3.13 bits per heavy atom. The maximum Gasteiger partial charge on any atom is 0.267 e. The number of ether oxygens (including phenoxy) is 1. The maximum atomic E-state index is 11.1. The molecule has 0 aliphatic carbocycles. The number of hydrogen-bond acceptors (Lipinski definition) is 5. The topological polar surface area (TPSA) is 87.2 Å². The molecule has 1 aromatic rings. The van der Waals surface area contributed by atoms with Gasteiger partial charge in [-0.25, -0.2) is 4.98 Å². The van der Waals surface area contributed by atoms with Crippen LogP contribution in [0.5, 0.6) is 0 Å².